The Balaban J connectivity index is 1.50. The molecule has 1 atom stereocenters. The molecule has 0 radical (unpaired) electrons. The molecule has 3 aromatic rings. The van der Waals surface area contributed by atoms with E-state index in [0.29, 0.717) is 13.0 Å². The summed E-state index contributed by atoms with van der Waals surface area (Å²) < 4.78 is 1.96. The van der Waals surface area contributed by atoms with E-state index in [-0.39, 0.29) is 11.7 Å². The lowest BCUT2D eigenvalue weighted by molar-refractivity contribution is -0.138. The van der Waals surface area contributed by atoms with Gasteiger partial charge in [0.05, 0.1) is 16.0 Å². The van der Waals surface area contributed by atoms with Crippen molar-refractivity contribution in [3.8, 4) is 0 Å². The fraction of sp³-hybridized carbons (Fsp3) is 0.211. The number of amides is 2. The van der Waals surface area contributed by atoms with Gasteiger partial charge in [-0.3, -0.25) is 9.59 Å². The highest BCUT2D eigenvalue weighted by Crippen LogP contribution is 2.30. The van der Waals surface area contributed by atoms with Gasteiger partial charge in [-0.2, -0.15) is 0 Å². The molecule has 4 rings (SSSR count). The summed E-state index contributed by atoms with van der Waals surface area (Å²) in [6, 6.07) is 15.2. The largest absolute Gasteiger partial charge is 0.368 e. The van der Waals surface area contributed by atoms with E-state index in [4.69, 9.17) is 5.73 Å². The van der Waals surface area contributed by atoms with Crippen LogP contribution in [0.3, 0.4) is 0 Å². The number of primary amides is 1. The zero-order valence-electron chi connectivity index (χ0n) is 13.9. The third-order valence-electron chi connectivity index (χ3n) is 4.49. The van der Waals surface area contributed by atoms with E-state index >= 15 is 0 Å². The summed E-state index contributed by atoms with van der Waals surface area (Å²) in [4.78, 5) is 30.8. The Morgan fingerprint density at radius 2 is 1.88 bits per heavy atom. The van der Waals surface area contributed by atoms with Gasteiger partial charge in [0.15, 0.2) is 4.34 Å². The van der Waals surface area contributed by atoms with E-state index in [9.17, 15) is 9.59 Å². The number of rotatable bonds is 4. The Bertz CT molecular complexity index is 953. The molecule has 0 unspecified atom stereocenters. The summed E-state index contributed by atoms with van der Waals surface area (Å²) in [5, 5.41) is 0. The molecule has 0 spiro atoms. The SMILES string of the molecule is NC(=O)[C@@H]1Cc2ccccc2CN1C(=O)CSc1nc2ccccc2s1. The lowest BCUT2D eigenvalue weighted by Gasteiger charge is -2.35. The van der Waals surface area contributed by atoms with Crippen molar-refractivity contribution in [3.63, 3.8) is 0 Å². The number of thiazole rings is 1. The number of nitrogens with zero attached hydrogens (tertiary/aromatic N) is 2. The van der Waals surface area contributed by atoms with Crippen LogP contribution in [-0.4, -0.2) is 33.5 Å². The minimum Gasteiger partial charge on any atom is -0.368 e. The van der Waals surface area contributed by atoms with Crippen molar-refractivity contribution in [1.82, 2.24) is 9.88 Å². The molecule has 1 aliphatic heterocycles. The highest BCUT2D eigenvalue weighted by atomic mass is 32.2. The van der Waals surface area contributed by atoms with E-state index in [1.54, 1.807) is 16.2 Å². The van der Waals surface area contributed by atoms with Gasteiger partial charge in [0, 0.05) is 13.0 Å². The van der Waals surface area contributed by atoms with E-state index in [0.717, 1.165) is 25.7 Å². The Morgan fingerprint density at radius 1 is 1.15 bits per heavy atom. The summed E-state index contributed by atoms with van der Waals surface area (Å²) in [7, 11) is 0. The quantitative estimate of drug-likeness (QED) is 0.703. The zero-order valence-corrected chi connectivity index (χ0v) is 15.6. The second-order valence-corrected chi connectivity index (χ2v) is 8.40. The summed E-state index contributed by atoms with van der Waals surface area (Å²) in [5.41, 5.74) is 8.66. The molecule has 0 saturated heterocycles. The van der Waals surface area contributed by atoms with Crippen LogP contribution in [0.15, 0.2) is 52.9 Å². The standard InChI is InChI=1S/C19H17N3O2S2/c20-18(24)15-9-12-5-1-2-6-13(12)10-22(15)17(23)11-25-19-21-14-7-3-4-8-16(14)26-19/h1-8,15H,9-11H2,(H2,20,24)/t15-/m0/s1. The summed E-state index contributed by atoms with van der Waals surface area (Å²) in [6.07, 6.45) is 0.475. The molecule has 0 bridgehead atoms. The highest BCUT2D eigenvalue weighted by Gasteiger charge is 2.33. The first-order valence-corrected chi connectivity index (χ1v) is 10.1. The van der Waals surface area contributed by atoms with Crippen LogP contribution in [0.5, 0.6) is 0 Å². The summed E-state index contributed by atoms with van der Waals surface area (Å²) in [5.74, 6) is -0.309. The molecule has 2 amide bonds. The molecule has 7 heteroatoms. The van der Waals surface area contributed by atoms with E-state index in [1.807, 2.05) is 48.5 Å². The minimum atomic E-state index is -0.589. The lowest BCUT2D eigenvalue weighted by atomic mass is 9.93. The van der Waals surface area contributed by atoms with E-state index in [2.05, 4.69) is 4.98 Å². The maximum absolute atomic E-state index is 12.8. The molecule has 5 nitrogen and oxygen atoms in total. The fourth-order valence-electron chi connectivity index (χ4n) is 3.16. The average Bonchev–Trinajstić information content (AvgIpc) is 3.08. The van der Waals surface area contributed by atoms with Gasteiger partial charge in [-0.25, -0.2) is 4.98 Å². The Kier molecular flexibility index (Phi) is 4.65. The van der Waals surface area contributed by atoms with Crippen LogP contribution in [0, 0.1) is 0 Å². The number of benzene rings is 2. The number of para-hydroxylation sites is 1. The smallest absolute Gasteiger partial charge is 0.240 e. The lowest BCUT2D eigenvalue weighted by Crippen LogP contribution is -2.51. The van der Waals surface area contributed by atoms with Crippen LogP contribution in [-0.2, 0) is 22.6 Å². The molecule has 132 valence electrons. The van der Waals surface area contributed by atoms with E-state index in [1.165, 1.54) is 11.8 Å². The van der Waals surface area contributed by atoms with Crippen LogP contribution in [0.1, 0.15) is 11.1 Å². The van der Waals surface area contributed by atoms with Gasteiger partial charge < -0.3 is 10.6 Å². The van der Waals surface area contributed by atoms with Crippen LogP contribution in [0.2, 0.25) is 0 Å². The third-order valence-corrected chi connectivity index (χ3v) is 6.65. The van der Waals surface area contributed by atoms with Gasteiger partial charge in [-0.1, -0.05) is 48.2 Å². The predicted octanol–water partition coefficient (Wildman–Crippen LogP) is 2.83. The molecular weight excluding hydrogens is 366 g/mol. The van der Waals surface area contributed by atoms with Crippen molar-refractivity contribution in [2.45, 2.75) is 23.3 Å². The molecule has 0 fully saturated rings. The molecule has 1 aromatic heterocycles. The maximum Gasteiger partial charge on any atom is 0.240 e. The molecular formula is C19H17N3O2S2. The van der Waals surface area contributed by atoms with Crippen molar-refractivity contribution in [2.75, 3.05) is 5.75 Å². The van der Waals surface area contributed by atoms with Crippen molar-refractivity contribution in [2.24, 2.45) is 5.73 Å². The molecule has 26 heavy (non-hydrogen) atoms. The summed E-state index contributed by atoms with van der Waals surface area (Å²) >= 11 is 2.98. The first-order chi connectivity index (χ1) is 12.6. The topological polar surface area (TPSA) is 76.3 Å². The van der Waals surface area contributed by atoms with Crippen LogP contribution < -0.4 is 5.73 Å². The Labute approximate surface area is 159 Å². The average molecular weight is 383 g/mol. The number of aromatic nitrogens is 1. The first kappa shape index (κ1) is 17.1. The van der Waals surface area contributed by atoms with Crippen molar-refractivity contribution in [1.29, 1.82) is 0 Å². The third kappa shape index (κ3) is 3.32. The fourth-order valence-corrected chi connectivity index (χ4v) is 5.11. The Hall–Kier alpha value is -2.38. The van der Waals surface area contributed by atoms with Crippen molar-refractivity contribution >= 4 is 45.1 Å². The predicted molar refractivity (Wildman–Crippen MR) is 104 cm³/mol. The summed E-state index contributed by atoms with van der Waals surface area (Å²) in [6.45, 7) is 0.420. The van der Waals surface area contributed by atoms with Crippen LogP contribution in [0.4, 0.5) is 0 Å². The number of thioether (sulfide) groups is 1. The number of hydrogen-bond donors (Lipinski definition) is 1. The van der Waals surface area contributed by atoms with Gasteiger partial charge in [0.25, 0.3) is 0 Å². The van der Waals surface area contributed by atoms with E-state index < -0.39 is 11.9 Å². The monoisotopic (exact) mass is 383 g/mol. The number of hydrogen-bond acceptors (Lipinski definition) is 5. The number of nitrogens with two attached hydrogens (primary N) is 1. The molecule has 2 N–H and O–H groups in total. The first-order valence-electron chi connectivity index (χ1n) is 8.26. The molecule has 1 aliphatic rings. The molecule has 2 heterocycles. The van der Waals surface area contributed by atoms with Gasteiger partial charge in [-0.05, 0) is 23.3 Å². The van der Waals surface area contributed by atoms with Crippen molar-refractivity contribution < 1.29 is 9.59 Å². The maximum atomic E-state index is 12.8. The molecule has 2 aromatic carbocycles. The van der Waals surface area contributed by atoms with Gasteiger partial charge in [-0.15, -0.1) is 11.3 Å². The number of fused-ring (bicyclic) bond motifs is 2. The normalized spacial score (nSPS) is 16.5. The molecule has 0 saturated carbocycles. The van der Waals surface area contributed by atoms with Crippen LogP contribution >= 0.6 is 23.1 Å². The second kappa shape index (κ2) is 7.09. The number of carbonyl (C=O) groups excluding carboxylic acids is 2. The Morgan fingerprint density at radius 3 is 2.65 bits per heavy atom. The van der Waals surface area contributed by atoms with Crippen molar-refractivity contribution in [3.05, 3.63) is 59.7 Å². The molecule has 0 aliphatic carbocycles. The highest BCUT2D eigenvalue weighted by molar-refractivity contribution is 8.01. The van der Waals surface area contributed by atoms with Crippen LogP contribution in [0.25, 0.3) is 10.2 Å². The number of carbonyl (C=O) groups is 2. The van der Waals surface area contributed by atoms with Gasteiger partial charge in [0.1, 0.15) is 6.04 Å². The zero-order chi connectivity index (χ0) is 18.1. The van der Waals surface area contributed by atoms with Gasteiger partial charge >= 0.3 is 0 Å². The van der Waals surface area contributed by atoms with Gasteiger partial charge in [0.2, 0.25) is 11.8 Å². The second-order valence-electron chi connectivity index (χ2n) is 6.15. The minimum absolute atomic E-state index is 0.0902.